The average molecular weight is 372 g/mol. The fourth-order valence-electron chi connectivity index (χ4n) is 3.35. The maximum Gasteiger partial charge on any atom is 0.198 e. The molecule has 2 N–H and O–H groups in total. The van der Waals surface area contributed by atoms with E-state index < -0.39 is 0 Å². The van der Waals surface area contributed by atoms with Gasteiger partial charge >= 0.3 is 0 Å². The van der Waals surface area contributed by atoms with Gasteiger partial charge in [0.25, 0.3) is 0 Å². The maximum atomic E-state index is 13.1. The second-order valence-electron chi connectivity index (χ2n) is 6.20. The predicted molar refractivity (Wildman–Crippen MR) is 104 cm³/mol. The number of nitrogens with one attached hydrogen (secondary N) is 1. The number of aromatic hydroxyl groups is 1. The molecule has 6 heteroatoms. The Balaban J connectivity index is 1.67. The molecule has 0 saturated heterocycles. The second-order valence-corrected chi connectivity index (χ2v) is 7.23. The van der Waals surface area contributed by atoms with Gasteiger partial charge in [0.15, 0.2) is 16.7 Å². The highest BCUT2D eigenvalue weighted by atomic mass is 32.1. The number of carbonyl (C=O) groups is 2. The Kier molecular flexibility index (Phi) is 3.35. The smallest absolute Gasteiger partial charge is 0.198 e. The van der Waals surface area contributed by atoms with Crippen molar-refractivity contribution in [3.8, 4) is 5.75 Å². The summed E-state index contributed by atoms with van der Waals surface area (Å²) < 4.78 is 1.01. The van der Waals surface area contributed by atoms with E-state index in [9.17, 15) is 14.7 Å². The summed E-state index contributed by atoms with van der Waals surface area (Å²) in [6, 6.07) is 17.4. The molecule has 1 heterocycles. The summed E-state index contributed by atoms with van der Waals surface area (Å²) in [5.74, 6) is -0.849. The number of ketones is 2. The van der Waals surface area contributed by atoms with Gasteiger partial charge in [0.05, 0.1) is 27.0 Å². The Morgan fingerprint density at radius 1 is 0.815 bits per heavy atom. The molecule has 4 aromatic rings. The van der Waals surface area contributed by atoms with Gasteiger partial charge < -0.3 is 10.4 Å². The largest absolute Gasteiger partial charge is 0.507 e. The number of anilines is 2. The number of nitrogens with zero attached hydrogens (tertiary/aromatic N) is 1. The molecule has 5 nitrogen and oxygen atoms in total. The van der Waals surface area contributed by atoms with Crippen LogP contribution in [0.15, 0.2) is 60.7 Å². The number of fused-ring (bicyclic) bond motifs is 3. The lowest BCUT2D eigenvalue weighted by atomic mass is 9.82. The molecule has 27 heavy (non-hydrogen) atoms. The fourth-order valence-corrected chi connectivity index (χ4v) is 4.23. The third kappa shape index (κ3) is 2.34. The molecule has 1 aliphatic rings. The quantitative estimate of drug-likeness (QED) is 0.445. The first kappa shape index (κ1) is 15.7. The highest BCUT2D eigenvalue weighted by molar-refractivity contribution is 7.22. The van der Waals surface area contributed by atoms with E-state index >= 15 is 0 Å². The van der Waals surface area contributed by atoms with Crippen LogP contribution in [0.1, 0.15) is 31.8 Å². The fraction of sp³-hybridized carbons (Fsp3) is 0. The average Bonchev–Trinajstić information content (AvgIpc) is 3.10. The molecule has 130 valence electrons. The monoisotopic (exact) mass is 372 g/mol. The Morgan fingerprint density at radius 2 is 1.48 bits per heavy atom. The molecular weight excluding hydrogens is 360 g/mol. The zero-order valence-corrected chi connectivity index (χ0v) is 14.7. The highest BCUT2D eigenvalue weighted by Gasteiger charge is 2.34. The zero-order valence-electron chi connectivity index (χ0n) is 13.9. The standard InChI is InChI=1S/C21H12N2O3S/c24-15-10-9-14(23-21-22-13-7-3-4-8-16(13)27-21)17-18(15)20(26)12-6-2-1-5-11(12)19(17)25/h1-10,24H,(H,22,23). The summed E-state index contributed by atoms with van der Waals surface area (Å²) in [7, 11) is 0. The molecule has 1 aliphatic carbocycles. The van der Waals surface area contributed by atoms with Gasteiger partial charge in [0.2, 0.25) is 0 Å². The van der Waals surface area contributed by atoms with Crippen molar-refractivity contribution in [2.45, 2.75) is 0 Å². The van der Waals surface area contributed by atoms with Crippen LogP contribution in [0.5, 0.6) is 5.75 Å². The first-order chi connectivity index (χ1) is 13.1. The van der Waals surface area contributed by atoms with Crippen molar-refractivity contribution in [1.29, 1.82) is 0 Å². The Bertz CT molecular complexity index is 1230. The molecule has 1 aromatic heterocycles. The van der Waals surface area contributed by atoms with Crippen LogP contribution in [0.4, 0.5) is 10.8 Å². The predicted octanol–water partition coefficient (Wildman–Crippen LogP) is 4.52. The number of phenolic OH excluding ortho intramolecular Hbond substituents is 1. The van der Waals surface area contributed by atoms with Gasteiger partial charge in [-0.15, -0.1) is 0 Å². The number of para-hydroxylation sites is 1. The van der Waals surface area contributed by atoms with E-state index in [0.717, 1.165) is 10.2 Å². The van der Waals surface area contributed by atoms with Gasteiger partial charge in [0, 0.05) is 11.1 Å². The molecule has 0 saturated carbocycles. The van der Waals surface area contributed by atoms with Gasteiger partial charge in [-0.05, 0) is 24.3 Å². The molecule has 0 atom stereocenters. The summed E-state index contributed by atoms with van der Waals surface area (Å²) in [6.45, 7) is 0. The van der Waals surface area contributed by atoms with Crippen molar-refractivity contribution < 1.29 is 14.7 Å². The van der Waals surface area contributed by atoms with Crippen LogP contribution in [0.3, 0.4) is 0 Å². The molecule has 3 aromatic carbocycles. The van der Waals surface area contributed by atoms with Gasteiger partial charge in [0.1, 0.15) is 5.75 Å². The third-order valence-corrected chi connectivity index (χ3v) is 5.54. The molecule has 0 amide bonds. The number of carbonyl (C=O) groups excluding carboxylic acids is 2. The number of aromatic nitrogens is 1. The highest BCUT2D eigenvalue weighted by Crippen LogP contribution is 2.38. The van der Waals surface area contributed by atoms with E-state index in [1.165, 1.54) is 17.4 Å². The minimum absolute atomic E-state index is 0.0322. The molecule has 0 radical (unpaired) electrons. The number of hydrogen-bond acceptors (Lipinski definition) is 6. The second kappa shape index (κ2) is 5.75. The molecule has 5 rings (SSSR count). The summed E-state index contributed by atoms with van der Waals surface area (Å²) in [5, 5.41) is 14.0. The molecular formula is C21H12N2O3S. The molecule has 0 bridgehead atoms. The first-order valence-electron chi connectivity index (χ1n) is 8.30. The Hall–Kier alpha value is -3.51. The lowest BCUT2D eigenvalue weighted by Crippen LogP contribution is -2.22. The SMILES string of the molecule is O=C1c2ccccc2C(=O)c2c(Nc3nc4ccccc4s3)ccc(O)c21. The zero-order chi connectivity index (χ0) is 18.5. The first-order valence-corrected chi connectivity index (χ1v) is 9.12. The number of rotatable bonds is 2. The summed E-state index contributed by atoms with van der Waals surface area (Å²) >= 11 is 1.45. The number of benzene rings is 3. The van der Waals surface area contributed by atoms with E-state index in [2.05, 4.69) is 10.3 Å². The van der Waals surface area contributed by atoms with Gasteiger partial charge in [-0.25, -0.2) is 4.98 Å². The van der Waals surface area contributed by atoms with Crippen LogP contribution < -0.4 is 5.32 Å². The van der Waals surface area contributed by atoms with Gasteiger partial charge in [-0.2, -0.15) is 0 Å². The van der Waals surface area contributed by atoms with E-state index in [1.54, 1.807) is 30.3 Å². The normalized spacial score (nSPS) is 12.7. The third-order valence-electron chi connectivity index (χ3n) is 4.59. The Labute approximate surface area is 157 Å². The Morgan fingerprint density at radius 3 is 2.22 bits per heavy atom. The van der Waals surface area contributed by atoms with Crippen LogP contribution >= 0.6 is 11.3 Å². The minimum atomic E-state index is -0.356. The van der Waals surface area contributed by atoms with Crippen LogP contribution in [0.25, 0.3) is 10.2 Å². The summed E-state index contributed by atoms with van der Waals surface area (Å²) in [5.41, 5.74) is 2.17. The van der Waals surface area contributed by atoms with Crippen molar-refractivity contribution in [2.24, 2.45) is 0 Å². The van der Waals surface area contributed by atoms with E-state index in [4.69, 9.17) is 0 Å². The lowest BCUT2D eigenvalue weighted by molar-refractivity contribution is 0.0977. The molecule has 0 aliphatic heterocycles. The van der Waals surface area contributed by atoms with E-state index in [-0.39, 0.29) is 28.4 Å². The van der Waals surface area contributed by atoms with Crippen molar-refractivity contribution in [2.75, 3.05) is 5.32 Å². The number of thiazole rings is 1. The summed E-state index contributed by atoms with van der Waals surface area (Å²) in [6.07, 6.45) is 0. The van der Waals surface area contributed by atoms with Gasteiger partial charge in [-0.1, -0.05) is 47.7 Å². The molecule has 0 unspecified atom stereocenters. The topological polar surface area (TPSA) is 79.3 Å². The van der Waals surface area contributed by atoms with Crippen molar-refractivity contribution in [1.82, 2.24) is 4.98 Å². The molecule has 0 fully saturated rings. The van der Waals surface area contributed by atoms with E-state index in [0.29, 0.717) is 21.9 Å². The molecule has 0 spiro atoms. The van der Waals surface area contributed by atoms with Crippen LogP contribution in [-0.4, -0.2) is 21.7 Å². The van der Waals surface area contributed by atoms with Crippen molar-refractivity contribution in [3.63, 3.8) is 0 Å². The van der Waals surface area contributed by atoms with Crippen LogP contribution in [0.2, 0.25) is 0 Å². The number of hydrogen-bond donors (Lipinski definition) is 2. The summed E-state index contributed by atoms with van der Waals surface area (Å²) in [4.78, 5) is 30.5. The van der Waals surface area contributed by atoms with Crippen LogP contribution in [0, 0.1) is 0 Å². The lowest BCUT2D eigenvalue weighted by Gasteiger charge is -2.21. The van der Waals surface area contributed by atoms with Crippen molar-refractivity contribution in [3.05, 3.63) is 82.9 Å². The minimum Gasteiger partial charge on any atom is -0.507 e. The van der Waals surface area contributed by atoms with E-state index in [1.807, 2.05) is 24.3 Å². The van der Waals surface area contributed by atoms with Crippen molar-refractivity contribution >= 4 is 43.9 Å². The van der Waals surface area contributed by atoms with Gasteiger partial charge in [-0.3, -0.25) is 9.59 Å². The maximum absolute atomic E-state index is 13.1. The number of phenols is 1. The van der Waals surface area contributed by atoms with Crippen LogP contribution in [-0.2, 0) is 0 Å².